The summed E-state index contributed by atoms with van der Waals surface area (Å²) < 4.78 is 41.3. The number of nitrogens with zero attached hydrogens (tertiary/aromatic N) is 5. The molecule has 2 aliphatic heterocycles. The first-order valence-electron chi connectivity index (χ1n) is 48.4. The van der Waals surface area contributed by atoms with E-state index < -0.39 is 0 Å². The highest BCUT2D eigenvalue weighted by Crippen LogP contribution is 2.58. The molecule has 7 aromatic heterocycles. The van der Waals surface area contributed by atoms with Crippen molar-refractivity contribution in [2.75, 3.05) is 14.7 Å². The van der Waals surface area contributed by atoms with Gasteiger partial charge >= 0.3 is 0 Å². The van der Waals surface area contributed by atoms with Gasteiger partial charge in [-0.1, -0.05) is 303 Å². The van der Waals surface area contributed by atoms with Crippen molar-refractivity contribution in [2.24, 2.45) is 0 Å². The van der Waals surface area contributed by atoms with Crippen molar-refractivity contribution >= 4 is 204 Å². The fourth-order valence-electron chi connectivity index (χ4n) is 23.8. The maximum Gasteiger partial charge on any atom is 0.159 e. The van der Waals surface area contributed by atoms with Crippen LogP contribution in [0, 0.1) is 0 Å². The highest BCUT2D eigenvalue weighted by molar-refractivity contribution is 6.26. The van der Waals surface area contributed by atoms with Gasteiger partial charge < -0.3 is 45.9 Å². The molecule has 0 radical (unpaired) electrons. The molecule has 660 valence electrons. The molecule has 9 heterocycles. The third-order valence-electron chi connectivity index (χ3n) is 29.9. The molecule has 2 aliphatic rings. The Bertz CT molecular complexity index is 10400. The molecule has 22 aromatic carbocycles. The van der Waals surface area contributed by atoms with Crippen molar-refractivity contribution in [1.29, 1.82) is 0 Å². The van der Waals surface area contributed by atoms with Crippen molar-refractivity contribution in [3.8, 4) is 100 Å². The summed E-state index contributed by atoms with van der Waals surface area (Å²) >= 11 is 0. The summed E-state index contributed by atoms with van der Waals surface area (Å²) in [6.45, 7) is 0. The Morgan fingerprint density at radius 1 is 0.162 bits per heavy atom. The van der Waals surface area contributed by atoms with Crippen molar-refractivity contribution in [2.45, 2.75) is 0 Å². The molecule has 10 heteroatoms. The topological polar surface area (TPSA) is 85.3 Å². The number of anilines is 9. The molecule has 29 aromatic rings. The van der Waals surface area contributed by atoms with E-state index >= 15 is 0 Å². The molecule has 0 fully saturated rings. The molecular formula is C132H77N5O5. The average molecular weight is 1810 g/mol. The number of rotatable bonds is 13. The Morgan fingerprint density at radius 2 is 0.521 bits per heavy atom. The van der Waals surface area contributed by atoms with Crippen molar-refractivity contribution < 1.29 is 22.1 Å². The third kappa shape index (κ3) is 11.5. The molecule has 0 atom stereocenters. The lowest BCUT2D eigenvalue weighted by atomic mass is 9.91. The van der Waals surface area contributed by atoms with E-state index in [0.717, 1.165) is 305 Å². The monoisotopic (exact) mass is 1810 g/mol. The van der Waals surface area contributed by atoms with E-state index in [9.17, 15) is 0 Å². The molecule has 10 nitrogen and oxygen atoms in total. The van der Waals surface area contributed by atoms with Crippen LogP contribution in [0.25, 0.3) is 254 Å². The Balaban J connectivity index is 0.615. The molecule has 0 aliphatic carbocycles. The zero-order valence-corrected chi connectivity index (χ0v) is 76.2. The Labute approximate surface area is 812 Å². The number of fused-ring (bicyclic) bond motifs is 33. The van der Waals surface area contributed by atoms with Gasteiger partial charge in [-0.15, -0.1) is 0 Å². The molecular weight excluding hydrogens is 1740 g/mol. The molecule has 0 spiro atoms. The molecule has 31 rings (SSSR count). The smallest absolute Gasteiger partial charge is 0.159 e. The van der Waals surface area contributed by atoms with Crippen molar-refractivity contribution in [1.82, 2.24) is 9.13 Å². The summed E-state index contributed by atoms with van der Waals surface area (Å²) in [6.07, 6.45) is 0. The van der Waals surface area contributed by atoms with Crippen LogP contribution < -0.4 is 14.7 Å². The van der Waals surface area contributed by atoms with Crippen molar-refractivity contribution in [3.63, 3.8) is 0 Å². The zero-order valence-electron chi connectivity index (χ0n) is 76.2. The van der Waals surface area contributed by atoms with Gasteiger partial charge in [0.1, 0.15) is 39.1 Å². The predicted octanol–water partition coefficient (Wildman–Crippen LogP) is 37.7. The van der Waals surface area contributed by atoms with E-state index in [1.165, 1.54) is 0 Å². The SMILES string of the molecule is c1ccc(-c2ccc(N(c3cccc(N(c4ccc5c(c4)c4cccc6c4n5-c4ccccc4-c4ccc5c(oc7ccccc75)c4-6)c4cccc5c4oc4ccccc45)c3)c3cc(-c4cccc5oc6c(N(c7cc(-c8ccccc8)cc(-c8ccccc8)c7)c7ccc8c(c7)c7cccc9c7n8-c7ccccc7-c7ccc8c(oc%10ccccc%108)c7-9)cccc6c45)cc4c3oc3ccccc34)cc2)cc1. The zero-order chi connectivity index (χ0) is 92.6. The molecule has 0 bridgehead atoms. The first-order chi connectivity index (χ1) is 70.4. The standard InChI is InChI=1S/C132H77N5O5/c1-4-28-78(29-5-1)81-58-60-85(61-59-81)133(86-34-22-35-87(75-86)134(115-51-25-45-102-94-38-12-18-53-118(94)138-128(102)115)88-62-68-113-108(76-88)100-43-23-46-105-124-98(92-36-10-16-49-111(92)136(113)126(100)105)64-66-103-95-39-13-19-54-119(95)140-131(103)124)117-74-84(73-110-97-41-15-21-56-121(97)139-130(110)117)91-42-27-57-122-123(91)107-48-26-52-116(129(107)142-122)135(90-71-82(79-30-6-2-7-31-79)70-83(72-90)80-32-8-3-9-33-80)89-63-69-114-109(77-89)101-44-24-47-106-125-99(93-37-11-17-50-112(93)137(114)127(101)106)65-67-104-96-40-14-20-55-120(96)141-132(104)125/h1-77H. The molecule has 0 unspecified atom stereocenters. The average Bonchev–Trinajstić information content (AvgIpc) is 1.55. The number of para-hydroxylation sites is 10. The number of hydrogen-bond acceptors (Lipinski definition) is 8. The van der Waals surface area contributed by atoms with Gasteiger partial charge in [0.25, 0.3) is 0 Å². The maximum absolute atomic E-state index is 7.72. The summed E-state index contributed by atoms with van der Waals surface area (Å²) in [7, 11) is 0. The van der Waals surface area contributed by atoms with Gasteiger partial charge in [0.05, 0.1) is 50.5 Å². The van der Waals surface area contributed by atoms with Crippen LogP contribution >= 0.6 is 0 Å². The minimum Gasteiger partial charge on any atom is -0.455 e. The molecule has 0 saturated carbocycles. The van der Waals surface area contributed by atoms with Crippen LogP contribution in [0.5, 0.6) is 0 Å². The third-order valence-corrected chi connectivity index (χ3v) is 29.9. The number of benzene rings is 22. The van der Waals surface area contributed by atoms with Gasteiger partial charge in [0, 0.05) is 143 Å². The van der Waals surface area contributed by atoms with Gasteiger partial charge in [0.2, 0.25) is 0 Å². The summed E-state index contributed by atoms with van der Waals surface area (Å²) in [6, 6.07) is 170. The predicted molar refractivity (Wildman–Crippen MR) is 586 cm³/mol. The van der Waals surface area contributed by atoms with Gasteiger partial charge in [-0.2, -0.15) is 0 Å². The number of furan rings is 5. The first-order valence-corrected chi connectivity index (χ1v) is 48.4. The van der Waals surface area contributed by atoms with Crippen LogP contribution in [0.2, 0.25) is 0 Å². The van der Waals surface area contributed by atoms with Crippen LogP contribution in [0.1, 0.15) is 0 Å². The quantitative estimate of drug-likeness (QED) is 0.113. The van der Waals surface area contributed by atoms with Gasteiger partial charge in [-0.3, -0.25) is 0 Å². The van der Waals surface area contributed by atoms with Crippen LogP contribution in [0.15, 0.2) is 489 Å². The summed E-state index contributed by atoms with van der Waals surface area (Å²) in [5.41, 5.74) is 40.2. The Hall–Kier alpha value is -19.2. The van der Waals surface area contributed by atoms with E-state index in [4.69, 9.17) is 22.1 Å². The second-order valence-electron chi connectivity index (χ2n) is 37.5. The van der Waals surface area contributed by atoms with Crippen molar-refractivity contribution in [3.05, 3.63) is 467 Å². The fraction of sp³-hybridized carbons (Fsp3) is 0. The number of hydrogen-bond donors (Lipinski definition) is 0. The first kappa shape index (κ1) is 78.1. The second kappa shape index (κ2) is 30.2. The van der Waals surface area contributed by atoms with Gasteiger partial charge in [0.15, 0.2) is 16.7 Å². The summed E-state index contributed by atoms with van der Waals surface area (Å²) in [5.74, 6) is 0. The lowest BCUT2D eigenvalue weighted by Gasteiger charge is -2.30. The normalized spacial score (nSPS) is 12.2. The molecule has 142 heavy (non-hydrogen) atoms. The molecule has 0 N–H and O–H groups in total. The highest BCUT2D eigenvalue weighted by atomic mass is 16.3. The van der Waals surface area contributed by atoms with Gasteiger partial charge in [-0.05, 0) is 219 Å². The highest BCUT2D eigenvalue weighted by Gasteiger charge is 2.35. The molecule has 0 amide bonds. The minimum atomic E-state index is 0.728. The van der Waals surface area contributed by atoms with Crippen LogP contribution in [-0.4, -0.2) is 9.13 Å². The Morgan fingerprint density at radius 3 is 1.06 bits per heavy atom. The van der Waals surface area contributed by atoms with Gasteiger partial charge in [-0.25, -0.2) is 0 Å². The molecule has 0 saturated heterocycles. The van der Waals surface area contributed by atoms with E-state index in [-0.39, 0.29) is 0 Å². The Kier molecular flexibility index (Phi) is 16.6. The number of aromatic nitrogens is 2. The van der Waals surface area contributed by atoms with E-state index in [1.807, 2.05) is 0 Å². The fourth-order valence-corrected chi connectivity index (χ4v) is 23.8. The van der Waals surface area contributed by atoms with Crippen LogP contribution in [0.3, 0.4) is 0 Å². The van der Waals surface area contributed by atoms with Crippen LogP contribution in [0.4, 0.5) is 51.2 Å². The second-order valence-corrected chi connectivity index (χ2v) is 37.5. The summed E-state index contributed by atoms with van der Waals surface area (Å²) in [4.78, 5) is 7.22. The lowest BCUT2D eigenvalue weighted by Crippen LogP contribution is -2.13. The van der Waals surface area contributed by atoms with E-state index in [0.29, 0.717) is 0 Å². The van der Waals surface area contributed by atoms with E-state index in [2.05, 4.69) is 491 Å². The van der Waals surface area contributed by atoms with E-state index in [1.54, 1.807) is 0 Å². The lowest BCUT2D eigenvalue weighted by molar-refractivity contribution is 0.668. The summed E-state index contributed by atoms with van der Waals surface area (Å²) in [5, 5.41) is 14.8. The maximum atomic E-state index is 7.72. The minimum absolute atomic E-state index is 0.728. The van der Waals surface area contributed by atoms with Crippen LogP contribution in [-0.2, 0) is 0 Å². The largest absolute Gasteiger partial charge is 0.455 e.